The minimum atomic E-state index is -0.315. The van der Waals surface area contributed by atoms with Crippen molar-refractivity contribution < 1.29 is 13.9 Å². The molecule has 1 saturated heterocycles. The molecule has 8 heteroatoms. The third-order valence-corrected chi connectivity index (χ3v) is 3.42. The van der Waals surface area contributed by atoms with E-state index < -0.39 is 0 Å². The average Bonchev–Trinajstić information content (AvgIpc) is 3.15. The van der Waals surface area contributed by atoms with Crippen molar-refractivity contribution in [3.8, 4) is 0 Å². The van der Waals surface area contributed by atoms with Gasteiger partial charge in [0, 0.05) is 13.0 Å². The molecule has 112 valence electrons. The smallest absolute Gasteiger partial charge is 0.276 e. The van der Waals surface area contributed by atoms with Crippen LogP contribution in [0, 0.1) is 6.92 Å². The number of morpholine rings is 1. The molecule has 2 aromatic heterocycles. The number of rotatable bonds is 3. The summed E-state index contributed by atoms with van der Waals surface area (Å²) in [5, 5.41) is 6.88. The quantitative estimate of drug-likeness (QED) is 0.901. The van der Waals surface area contributed by atoms with Crippen LogP contribution >= 0.6 is 0 Å². The number of aromatic nitrogens is 4. The van der Waals surface area contributed by atoms with Gasteiger partial charge in [0.05, 0.1) is 13.2 Å². The van der Waals surface area contributed by atoms with Crippen LogP contribution in [0.4, 0.5) is 0 Å². The Balaban J connectivity index is 1.75. The fourth-order valence-electron chi connectivity index (χ4n) is 2.34. The zero-order chi connectivity index (χ0) is 14.8. The van der Waals surface area contributed by atoms with Crippen molar-refractivity contribution in [3.63, 3.8) is 0 Å². The Morgan fingerprint density at radius 3 is 3.14 bits per heavy atom. The summed E-state index contributed by atoms with van der Waals surface area (Å²) >= 11 is 0. The first-order valence-electron chi connectivity index (χ1n) is 6.91. The number of nitrogens with one attached hydrogen (secondary N) is 1. The Labute approximate surface area is 121 Å². The van der Waals surface area contributed by atoms with Crippen molar-refractivity contribution in [1.82, 2.24) is 25.1 Å². The maximum atomic E-state index is 12.5. The summed E-state index contributed by atoms with van der Waals surface area (Å²) in [5.74, 6) is 1.76. The minimum absolute atomic E-state index is 0.138. The largest absolute Gasteiger partial charge is 0.448 e. The molecule has 0 radical (unpaired) electrons. The topological polar surface area (TPSA) is 97.1 Å². The molecule has 8 nitrogen and oxygen atoms in total. The average molecular weight is 291 g/mol. The second-order valence-electron chi connectivity index (χ2n) is 4.87. The van der Waals surface area contributed by atoms with Gasteiger partial charge < -0.3 is 14.1 Å². The highest BCUT2D eigenvalue weighted by atomic mass is 16.5. The summed E-state index contributed by atoms with van der Waals surface area (Å²) in [6.45, 7) is 5.13. The second-order valence-corrected chi connectivity index (χ2v) is 4.87. The van der Waals surface area contributed by atoms with Gasteiger partial charge in [0.2, 0.25) is 0 Å². The molecular weight excluding hydrogens is 274 g/mol. The van der Waals surface area contributed by atoms with E-state index in [2.05, 4.69) is 20.2 Å². The van der Waals surface area contributed by atoms with Gasteiger partial charge in [-0.1, -0.05) is 6.92 Å². The fraction of sp³-hybridized carbons (Fsp3) is 0.538. The van der Waals surface area contributed by atoms with Crippen molar-refractivity contribution in [1.29, 1.82) is 0 Å². The van der Waals surface area contributed by atoms with Gasteiger partial charge in [-0.2, -0.15) is 5.10 Å². The zero-order valence-corrected chi connectivity index (χ0v) is 12.0. The van der Waals surface area contributed by atoms with Crippen molar-refractivity contribution in [2.45, 2.75) is 26.4 Å². The number of H-pyrrole nitrogens is 1. The van der Waals surface area contributed by atoms with E-state index in [0.717, 1.165) is 5.82 Å². The number of nitrogens with zero attached hydrogens (tertiary/aromatic N) is 4. The summed E-state index contributed by atoms with van der Waals surface area (Å²) in [5.41, 5.74) is 0.379. The normalized spacial score (nSPS) is 19.0. The molecule has 1 N–H and O–H groups in total. The third-order valence-electron chi connectivity index (χ3n) is 3.42. The lowest BCUT2D eigenvalue weighted by Crippen LogP contribution is -2.43. The highest BCUT2D eigenvalue weighted by Gasteiger charge is 2.30. The molecule has 1 aliphatic rings. The van der Waals surface area contributed by atoms with Crippen LogP contribution in [0.25, 0.3) is 0 Å². The lowest BCUT2D eigenvalue weighted by atomic mass is 10.2. The minimum Gasteiger partial charge on any atom is -0.448 e. The van der Waals surface area contributed by atoms with Gasteiger partial charge in [-0.3, -0.25) is 9.89 Å². The fourth-order valence-corrected chi connectivity index (χ4v) is 2.34. The van der Waals surface area contributed by atoms with E-state index in [1.807, 2.05) is 13.8 Å². The molecule has 0 aliphatic carbocycles. The monoisotopic (exact) mass is 291 g/mol. The van der Waals surface area contributed by atoms with Crippen LogP contribution in [0.2, 0.25) is 0 Å². The van der Waals surface area contributed by atoms with E-state index in [1.165, 1.54) is 6.39 Å². The van der Waals surface area contributed by atoms with E-state index in [9.17, 15) is 4.79 Å². The van der Waals surface area contributed by atoms with Crippen molar-refractivity contribution in [2.24, 2.45) is 0 Å². The molecule has 21 heavy (non-hydrogen) atoms. The van der Waals surface area contributed by atoms with E-state index >= 15 is 0 Å². The standard InChI is InChI=1S/C13H17N5O3/c1-3-9-11(14-7-21-9)13(19)18-4-5-20-10(6-18)12-15-8(2)16-17-12/h7,10H,3-6H2,1-2H3,(H,15,16,17). The number of hydrogen-bond acceptors (Lipinski definition) is 6. The molecule has 0 saturated carbocycles. The number of carbonyl (C=O) groups excluding carboxylic acids is 1. The molecular formula is C13H17N5O3. The van der Waals surface area contributed by atoms with Crippen molar-refractivity contribution in [3.05, 3.63) is 29.5 Å². The Kier molecular flexibility index (Phi) is 3.70. The van der Waals surface area contributed by atoms with E-state index in [4.69, 9.17) is 9.15 Å². The molecule has 0 aromatic carbocycles. The Bertz CT molecular complexity index is 635. The Morgan fingerprint density at radius 2 is 2.43 bits per heavy atom. The summed E-state index contributed by atoms with van der Waals surface area (Å²) in [7, 11) is 0. The number of ether oxygens (including phenoxy) is 1. The summed E-state index contributed by atoms with van der Waals surface area (Å²) in [4.78, 5) is 22.5. The SMILES string of the molecule is CCc1ocnc1C(=O)N1CCOC(c2n[nH]c(C)n2)C1. The predicted octanol–water partition coefficient (Wildman–Crippen LogP) is 0.877. The van der Waals surface area contributed by atoms with Gasteiger partial charge in [-0.25, -0.2) is 9.97 Å². The molecule has 1 atom stereocenters. The molecule has 2 aromatic rings. The van der Waals surface area contributed by atoms with Gasteiger partial charge in [-0.05, 0) is 6.92 Å². The summed E-state index contributed by atoms with van der Waals surface area (Å²) in [6.07, 6.45) is 1.63. The molecule has 1 amide bonds. The molecule has 3 rings (SSSR count). The maximum absolute atomic E-state index is 12.5. The van der Waals surface area contributed by atoms with Crippen LogP contribution in [0.1, 0.15) is 40.9 Å². The zero-order valence-electron chi connectivity index (χ0n) is 12.0. The first-order valence-corrected chi connectivity index (χ1v) is 6.91. The van der Waals surface area contributed by atoms with Gasteiger partial charge in [-0.15, -0.1) is 0 Å². The molecule has 1 unspecified atom stereocenters. The number of amides is 1. The number of aryl methyl sites for hydroxylation is 2. The highest BCUT2D eigenvalue weighted by molar-refractivity contribution is 5.93. The number of aromatic amines is 1. The van der Waals surface area contributed by atoms with Crippen LogP contribution in [0.15, 0.2) is 10.8 Å². The summed E-state index contributed by atoms with van der Waals surface area (Å²) < 4.78 is 10.9. The van der Waals surface area contributed by atoms with Crippen LogP contribution in [0.3, 0.4) is 0 Å². The first-order chi connectivity index (χ1) is 10.2. The molecule has 0 spiro atoms. The highest BCUT2D eigenvalue weighted by Crippen LogP contribution is 2.21. The molecule has 3 heterocycles. The molecule has 0 bridgehead atoms. The Hall–Kier alpha value is -2.22. The van der Waals surface area contributed by atoms with Crippen molar-refractivity contribution in [2.75, 3.05) is 19.7 Å². The lowest BCUT2D eigenvalue weighted by molar-refractivity contribution is -0.0269. The maximum Gasteiger partial charge on any atom is 0.276 e. The van der Waals surface area contributed by atoms with Gasteiger partial charge >= 0.3 is 0 Å². The Morgan fingerprint density at radius 1 is 1.57 bits per heavy atom. The number of hydrogen-bond donors (Lipinski definition) is 1. The van der Waals surface area contributed by atoms with E-state index in [1.54, 1.807) is 4.90 Å². The van der Waals surface area contributed by atoms with Crippen molar-refractivity contribution >= 4 is 5.91 Å². The van der Waals surface area contributed by atoms with Gasteiger partial charge in [0.25, 0.3) is 5.91 Å². The number of carbonyl (C=O) groups is 1. The molecule has 1 aliphatic heterocycles. The predicted molar refractivity (Wildman–Crippen MR) is 71.6 cm³/mol. The van der Waals surface area contributed by atoms with Crippen LogP contribution in [0.5, 0.6) is 0 Å². The van der Waals surface area contributed by atoms with Crippen LogP contribution < -0.4 is 0 Å². The van der Waals surface area contributed by atoms with E-state index in [-0.39, 0.29) is 12.0 Å². The first kappa shape index (κ1) is 13.7. The van der Waals surface area contributed by atoms with Gasteiger partial charge in [0.15, 0.2) is 17.9 Å². The molecule has 1 fully saturated rings. The third kappa shape index (κ3) is 2.66. The number of oxazole rings is 1. The van der Waals surface area contributed by atoms with Crippen LogP contribution in [-0.2, 0) is 11.2 Å². The van der Waals surface area contributed by atoms with Crippen LogP contribution in [-0.4, -0.2) is 50.7 Å². The van der Waals surface area contributed by atoms with Gasteiger partial charge in [0.1, 0.15) is 17.7 Å². The second kappa shape index (κ2) is 5.65. The lowest BCUT2D eigenvalue weighted by Gasteiger charge is -2.31. The summed E-state index contributed by atoms with van der Waals surface area (Å²) in [6, 6.07) is 0. The van der Waals surface area contributed by atoms with E-state index in [0.29, 0.717) is 43.4 Å².